The van der Waals surface area contributed by atoms with Gasteiger partial charge in [0, 0.05) is 39.8 Å². The van der Waals surface area contributed by atoms with Gasteiger partial charge in [-0.3, -0.25) is 9.69 Å². The van der Waals surface area contributed by atoms with Crippen LogP contribution in [-0.4, -0.2) is 62.1 Å². The highest BCUT2D eigenvalue weighted by molar-refractivity contribution is 6.01. The highest BCUT2D eigenvalue weighted by Gasteiger charge is 2.23. The molecule has 1 fully saturated rings. The lowest BCUT2D eigenvalue weighted by atomic mass is 10.1. The Morgan fingerprint density at radius 2 is 1.95 bits per heavy atom. The fourth-order valence-corrected chi connectivity index (χ4v) is 2.33. The maximum atomic E-state index is 12.4. The molecule has 0 atom stereocenters. The molecule has 0 saturated carbocycles. The van der Waals surface area contributed by atoms with E-state index in [0.29, 0.717) is 30.0 Å². The Morgan fingerprint density at radius 1 is 1.25 bits per heavy atom. The first kappa shape index (κ1) is 14.6. The summed E-state index contributed by atoms with van der Waals surface area (Å²) >= 11 is 0. The van der Waals surface area contributed by atoms with Crippen molar-refractivity contribution in [3.8, 4) is 0 Å². The maximum absolute atomic E-state index is 12.4. The predicted octanol–water partition coefficient (Wildman–Crippen LogP) is 0.255. The summed E-state index contributed by atoms with van der Waals surface area (Å²) in [6.45, 7) is 4.75. The molecule has 0 bridgehead atoms. The standard InChI is InChI=1S/C14H22N4O2/c1-20-10-9-17-5-7-18(8-6-17)14(19)11-3-2-4-12(15)13(11)16/h2-4H,5-10,15-16H2,1H3. The summed E-state index contributed by atoms with van der Waals surface area (Å²) in [5.41, 5.74) is 13.0. The number of rotatable bonds is 4. The van der Waals surface area contributed by atoms with Gasteiger partial charge in [0.25, 0.3) is 5.91 Å². The second kappa shape index (κ2) is 6.58. The van der Waals surface area contributed by atoms with Crippen LogP contribution in [0.25, 0.3) is 0 Å². The molecule has 6 nitrogen and oxygen atoms in total. The van der Waals surface area contributed by atoms with Crippen LogP contribution in [0.15, 0.2) is 18.2 Å². The number of benzene rings is 1. The van der Waals surface area contributed by atoms with Gasteiger partial charge in [0.15, 0.2) is 0 Å². The third-order valence-corrected chi connectivity index (χ3v) is 3.64. The molecule has 0 unspecified atom stereocenters. The number of nitrogens with two attached hydrogens (primary N) is 2. The van der Waals surface area contributed by atoms with E-state index in [4.69, 9.17) is 16.2 Å². The summed E-state index contributed by atoms with van der Waals surface area (Å²) in [7, 11) is 1.70. The number of carbonyl (C=O) groups is 1. The first-order chi connectivity index (χ1) is 9.63. The number of hydrogen-bond donors (Lipinski definition) is 2. The molecule has 0 aromatic heterocycles. The zero-order valence-corrected chi connectivity index (χ0v) is 11.8. The van der Waals surface area contributed by atoms with Crippen molar-refractivity contribution in [1.82, 2.24) is 9.80 Å². The molecule has 1 aromatic carbocycles. The van der Waals surface area contributed by atoms with Gasteiger partial charge in [-0.05, 0) is 12.1 Å². The molecule has 110 valence electrons. The van der Waals surface area contributed by atoms with Gasteiger partial charge >= 0.3 is 0 Å². The van der Waals surface area contributed by atoms with E-state index < -0.39 is 0 Å². The van der Waals surface area contributed by atoms with Crippen LogP contribution in [0.1, 0.15) is 10.4 Å². The average Bonchev–Trinajstić information content (AvgIpc) is 2.48. The minimum Gasteiger partial charge on any atom is -0.397 e. The molecule has 20 heavy (non-hydrogen) atoms. The predicted molar refractivity (Wildman–Crippen MR) is 79.5 cm³/mol. The fraction of sp³-hybridized carbons (Fsp3) is 0.500. The Morgan fingerprint density at radius 3 is 2.60 bits per heavy atom. The largest absolute Gasteiger partial charge is 0.397 e. The number of nitrogens with zero attached hydrogens (tertiary/aromatic N) is 2. The summed E-state index contributed by atoms with van der Waals surface area (Å²) in [4.78, 5) is 16.6. The molecule has 0 aliphatic carbocycles. The van der Waals surface area contributed by atoms with Crippen molar-refractivity contribution in [2.24, 2.45) is 0 Å². The van der Waals surface area contributed by atoms with Crippen molar-refractivity contribution in [2.45, 2.75) is 0 Å². The zero-order valence-electron chi connectivity index (χ0n) is 11.8. The Hall–Kier alpha value is -1.79. The van der Waals surface area contributed by atoms with Gasteiger partial charge in [0.1, 0.15) is 0 Å². The molecule has 2 rings (SSSR count). The zero-order chi connectivity index (χ0) is 14.5. The first-order valence-electron chi connectivity index (χ1n) is 6.78. The number of methoxy groups -OCH3 is 1. The minimum absolute atomic E-state index is 0.0406. The highest BCUT2D eigenvalue weighted by atomic mass is 16.5. The molecule has 1 heterocycles. The number of hydrogen-bond acceptors (Lipinski definition) is 5. The summed E-state index contributed by atoms with van der Waals surface area (Å²) in [5.74, 6) is -0.0406. The normalized spacial score (nSPS) is 16.4. The van der Waals surface area contributed by atoms with E-state index in [1.165, 1.54) is 0 Å². The van der Waals surface area contributed by atoms with Gasteiger partial charge in [0.2, 0.25) is 0 Å². The van der Waals surface area contributed by atoms with E-state index in [1.807, 2.05) is 4.90 Å². The van der Waals surface area contributed by atoms with E-state index in [2.05, 4.69) is 4.90 Å². The van der Waals surface area contributed by atoms with Gasteiger partial charge < -0.3 is 21.1 Å². The number of amides is 1. The summed E-state index contributed by atoms with van der Waals surface area (Å²) < 4.78 is 5.06. The van der Waals surface area contributed by atoms with Gasteiger partial charge in [-0.25, -0.2) is 0 Å². The highest BCUT2D eigenvalue weighted by Crippen LogP contribution is 2.21. The van der Waals surface area contributed by atoms with E-state index in [1.54, 1.807) is 25.3 Å². The van der Waals surface area contributed by atoms with Crippen LogP contribution >= 0.6 is 0 Å². The Labute approximate surface area is 119 Å². The molecule has 1 aliphatic heterocycles. The van der Waals surface area contributed by atoms with Gasteiger partial charge in [-0.1, -0.05) is 6.07 Å². The van der Waals surface area contributed by atoms with E-state index in [-0.39, 0.29) is 5.91 Å². The van der Waals surface area contributed by atoms with E-state index in [9.17, 15) is 4.79 Å². The number of ether oxygens (including phenoxy) is 1. The van der Waals surface area contributed by atoms with Crippen molar-refractivity contribution >= 4 is 17.3 Å². The number of nitrogen functional groups attached to an aromatic ring is 2. The molecular formula is C14H22N4O2. The van der Waals surface area contributed by atoms with Crippen molar-refractivity contribution < 1.29 is 9.53 Å². The average molecular weight is 278 g/mol. The summed E-state index contributed by atoms with van der Waals surface area (Å²) in [6.07, 6.45) is 0. The lowest BCUT2D eigenvalue weighted by Gasteiger charge is -2.34. The second-order valence-corrected chi connectivity index (χ2v) is 4.94. The van der Waals surface area contributed by atoms with Crippen molar-refractivity contribution in [1.29, 1.82) is 0 Å². The molecule has 0 spiro atoms. The van der Waals surface area contributed by atoms with Crippen molar-refractivity contribution in [3.63, 3.8) is 0 Å². The quantitative estimate of drug-likeness (QED) is 0.772. The van der Waals surface area contributed by atoms with Gasteiger partial charge in [-0.15, -0.1) is 0 Å². The fourth-order valence-electron chi connectivity index (χ4n) is 2.33. The SMILES string of the molecule is COCCN1CCN(C(=O)c2cccc(N)c2N)CC1. The minimum atomic E-state index is -0.0406. The van der Waals surface area contributed by atoms with Crippen LogP contribution in [0.5, 0.6) is 0 Å². The summed E-state index contributed by atoms with van der Waals surface area (Å²) in [6, 6.07) is 5.19. The lowest BCUT2D eigenvalue weighted by Crippen LogP contribution is -2.49. The molecule has 1 aromatic rings. The van der Waals surface area contributed by atoms with Gasteiger partial charge in [0.05, 0.1) is 23.5 Å². The van der Waals surface area contributed by atoms with Crippen LogP contribution in [0.2, 0.25) is 0 Å². The third kappa shape index (κ3) is 3.20. The number of para-hydroxylation sites is 1. The number of anilines is 2. The molecule has 0 radical (unpaired) electrons. The third-order valence-electron chi connectivity index (χ3n) is 3.64. The second-order valence-electron chi connectivity index (χ2n) is 4.94. The molecule has 1 aliphatic rings. The Kier molecular flexibility index (Phi) is 4.81. The van der Waals surface area contributed by atoms with Crippen LogP contribution in [0.4, 0.5) is 11.4 Å². The smallest absolute Gasteiger partial charge is 0.256 e. The molecular weight excluding hydrogens is 256 g/mol. The number of carbonyl (C=O) groups excluding carboxylic acids is 1. The molecule has 1 saturated heterocycles. The van der Waals surface area contributed by atoms with Crippen molar-refractivity contribution in [3.05, 3.63) is 23.8 Å². The Balaban J connectivity index is 1.96. The monoisotopic (exact) mass is 278 g/mol. The van der Waals surface area contributed by atoms with Crippen molar-refractivity contribution in [2.75, 3.05) is 57.9 Å². The first-order valence-corrected chi connectivity index (χ1v) is 6.78. The number of piperazine rings is 1. The van der Waals surface area contributed by atoms with Crippen LogP contribution in [-0.2, 0) is 4.74 Å². The van der Waals surface area contributed by atoms with Crippen LogP contribution in [0, 0.1) is 0 Å². The van der Waals surface area contributed by atoms with E-state index in [0.717, 1.165) is 26.2 Å². The molecule has 6 heteroatoms. The Bertz CT molecular complexity index is 470. The maximum Gasteiger partial charge on any atom is 0.256 e. The van der Waals surface area contributed by atoms with Gasteiger partial charge in [-0.2, -0.15) is 0 Å². The topological polar surface area (TPSA) is 84.8 Å². The van der Waals surface area contributed by atoms with E-state index >= 15 is 0 Å². The van der Waals surface area contributed by atoms with Crippen LogP contribution in [0.3, 0.4) is 0 Å². The molecule has 4 N–H and O–H groups in total. The summed E-state index contributed by atoms with van der Waals surface area (Å²) in [5, 5.41) is 0. The van der Waals surface area contributed by atoms with Crippen LogP contribution < -0.4 is 11.5 Å². The lowest BCUT2D eigenvalue weighted by molar-refractivity contribution is 0.0595. The molecule has 1 amide bonds.